The molecule has 1 heterocycles. The van der Waals surface area contributed by atoms with Gasteiger partial charge < -0.3 is 4.90 Å². The number of benzene rings is 1. The van der Waals surface area contributed by atoms with Gasteiger partial charge in [-0.05, 0) is 18.2 Å². The van der Waals surface area contributed by atoms with Crippen molar-refractivity contribution < 1.29 is 4.79 Å². The molecule has 0 spiro atoms. The monoisotopic (exact) mass is 271 g/mol. The summed E-state index contributed by atoms with van der Waals surface area (Å²) in [7, 11) is 0. The SMILES string of the molecule is O=Cc1cc(Br)ccc1N1CCSC1. The Bertz CT molecular complexity index is 350. The highest BCUT2D eigenvalue weighted by Crippen LogP contribution is 2.27. The standard InChI is InChI=1S/C10H10BrNOS/c11-9-1-2-10(8(5-9)6-13)12-3-4-14-7-12/h1-2,5-6H,3-4,7H2. The van der Waals surface area contributed by atoms with Gasteiger partial charge >= 0.3 is 0 Å². The molecule has 1 aliphatic rings. The molecule has 2 rings (SSSR count). The van der Waals surface area contributed by atoms with Gasteiger partial charge in [-0.2, -0.15) is 0 Å². The highest BCUT2D eigenvalue weighted by atomic mass is 79.9. The number of rotatable bonds is 2. The van der Waals surface area contributed by atoms with Crippen LogP contribution in [0.5, 0.6) is 0 Å². The molecule has 2 nitrogen and oxygen atoms in total. The number of aldehydes is 1. The van der Waals surface area contributed by atoms with E-state index in [1.54, 1.807) is 0 Å². The summed E-state index contributed by atoms with van der Waals surface area (Å²) >= 11 is 5.26. The molecule has 4 heteroatoms. The fourth-order valence-corrected chi connectivity index (χ4v) is 2.86. The summed E-state index contributed by atoms with van der Waals surface area (Å²) in [6.07, 6.45) is 0.920. The van der Waals surface area contributed by atoms with E-state index in [9.17, 15) is 4.79 Å². The van der Waals surface area contributed by atoms with Crippen LogP contribution in [0, 0.1) is 0 Å². The first-order valence-electron chi connectivity index (χ1n) is 4.38. The van der Waals surface area contributed by atoms with Gasteiger partial charge in [0.15, 0.2) is 6.29 Å². The minimum atomic E-state index is 0.766. The van der Waals surface area contributed by atoms with Gasteiger partial charge in [0.2, 0.25) is 0 Å². The molecule has 0 bridgehead atoms. The third-order valence-corrected chi connectivity index (χ3v) is 3.67. The lowest BCUT2D eigenvalue weighted by Gasteiger charge is -2.18. The van der Waals surface area contributed by atoms with E-state index in [2.05, 4.69) is 20.8 Å². The van der Waals surface area contributed by atoms with Crippen molar-refractivity contribution in [2.45, 2.75) is 0 Å². The molecule has 1 aromatic rings. The van der Waals surface area contributed by atoms with Gasteiger partial charge in [-0.3, -0.25) is 4.79 Å². The van der Waals surface area contributed by atoms with Gasteiger partial charge in [-0.1, -0.05) is 15.9 Å². The van der Waals surface area contributed by atoms with E-state index in [1.165, 1.54) is 0 Å². The van der Waals surface area contributed by atoms with Crippen molar-refractivity contribution in [3.05, 3.63) is 28.2 Å². The van der Waals surface area contributed by atoms with Crippen molar-refractivity contribution in [2.75, 3.05) is 23.1 Å². The summed E-state index contributed by atoms with van der Waals surface area (Å²) in [6, 6.07) is 5.84. The molecule has 1 aliphatic heterocycles. The van der Waals surface area contributed by atoms with Gasteiger partial charge in [0.1, 0.15) is 0 Å². The molecule has 1 saturated heterocycles. The smallest absolute Gasteiger partial charge is 0.152 e. The largest absolute Gasteiger partial charge is 0.361 e. The Morgan fingerprint density at radius 1 is 1.50 bits per heavy atom. The Kier molecular flexibility index (Phi) is 3.13. The molecule has 0 aromatic heterocycles. The molecule has 1 fully saturated rings. The topological polar surface area (TPSA) is 20.3 Å². The average molecular weight is 272 g/mol. The summed E-state index contributed by atoms with van der Waals surface area (Å²) < 4.78 is 0.954. The lowest BCUT2D eigenvalue weighted by atomic mass is 10.2. The van der Waals surface area contributed by atoms with Crippen LogP contribution in [-0.2, 0) is 0 Å². The van der Waals surface area contributed by atoms with Crippen LogP contribution >= 0.6 is 27.7 Å². The van der Waals surface area contributed by atoms with Crippen molar-refractivity contribution in [3.8, 4) is 0 Å². The number of halogens is 1. The number of anilines is 1. The second-order valence-electron chi connectivity index (χ2n) is 3.12. The maximum atomic E-state index is 10.9. The number of carbonyl (C=O) groups excluding carboxylic acids is 1. The maximum absolute atomic E-state index is 10.9. The second kappa shape index (κ2) is 4.36. The van der Waals surface area contributed by atoms with Crippen LogP contribution in [0.15, 0.2) is 22.7 Å². The molecule has 1 aromatic carbocycles. The van der Waals surface area contributed by atoms with Gasteiger partial charge in [-0.15, -0.1) is 11.8 Å². The zero-order valence-electron chi connectivity index (χ0n) is 7.57. The lowest BCUT2D eigenvalue weighted by molar-refractivity contribution is 0.112. The van der Waals surface area contributed by atoms with E-state index in [1.807, 2.05) is 30.0 Å². The minimum Gasteiger partial charge on any atom is -0.361 e. The van der Waals surface area contributed by atoms with Crippen molar-refractivity contribution >= 4 is 39.7 Å². The van der Waals surface area contributed by atoms with E-state index in [0.29, 0.717) is 0 Å². The normalized spacial score (nSPS) is 15.9. The third kappa shape index (κ3) is 1.96. The average Bonchev–Trinajstić information content (AvgIpc) is 2.70. The summed E-state index contributed by atoms with van der Waals surface area (Å²) in [5, 5.41) is 0. The minimum absolute atomic E-state index is 0.766. The highest BCUT2D eigenvalue weighted by molar-refractivity contribution is 9.10. The number of carbonyl (C=O) groups is 1. The van der Waals surface area contributed by atoms with Crippen molar-refractivity contribution in [3.63, 3.8) is 0 Å². The molecule has 0 saturated carbocycles. The first-order chi connectivity index (χ1) is 6.81. The van der Waals surface area contributed by atoms with Gasteiger partial charge in [-0.25, -0.2) is 0 Å². The summed E-state index contributed by atoms with van der Waals surface area (Å²) in [5.41, 5.74) is 1.81. The molecular formula is C10H10BrNOS. The summed E-state index contributed by atoms with van der Waals surface area (Å²) in [4.78, 5) is 13.1. The quantitative estimate of drug-likeness (QED) is 0.772. The first kappa shape index (κ1) is 10.1. The predicted octanol–water partition coefficient (Wildman–Crippen LogP) is 2.77. The number of hydrogen-bond donors (Lipinski definition) is 0. The van der Waals surface area contributed by atoms with Gasteiger partial charge in [0.05, 0.1) is 5.88 Å². The summed E-state index contributed by atoms with van der Waals surface area (Å²) in [6.45, 7) is 1.03. The van der Waals surface area contributed by atoms with E-state index in [0.717, 1.165) is 40.2 Å². The fraction of sp³-hybridized carbons (Fsp3) is 0.300. The van der Waals surface area contributed by atoms with E-state index in [-0.39, 0.29) is 0 Å². The van der Waals surface area contributed by atoms with Crippen molar-refractivity contribution in [1.82, 2.24) is 0 Å². The van der Waals surface area contributed by atoms with Crippen LogP contribution < -0.4 is 4.90 Å². The molecule has 0 aliphatic carbocycles. The van der Waals surface area contributed by atoms with E-state index >= 15 is 0 Å². The lowest BCUT2D eigenvalue weighted by Crippen LogP contribution is -2.19. The Balaban J connectivity index is 2.35. The molecule has 74 valence electrons. The van der Waals surface area contributed by atoms with E-state index in [4.69, 9.17) is 0 Å². The van der Waals surface area contributed by atoms with Crippen LogP contribution in [-0.4, -0.2) is 24.5 Å². The molecule has 0 atom stereocenters. The number of nitrogens with zero attached hydrogens (tertiary/aromatic N) is 1. The Morgan fingerprint density at radius 2 is 2.36 bits per heavy atom. The molecule has 14 heavy (non-hydrogen) atoms. The third-order valence-electron chi connectivity index (χ3n) is 2.21. The molecule has 0 amide bonds. The fourth-order valence-electron chi connectivity index (χ4n) is 1.51. The van der Waals surface area contributed by atoms with Crippen LogP contribution in [0.3, 0.4) is 0 Å². The molecular weight excluding hydrogens is 262 g/mol. The van der Waals surface area contributed by atoms with Crippen molar-refractivity contribution in [1.29, 1.82) is 0 Å². The maximum Gasteiger partial charge on any atom is 0.152 e. The summed E-state index contributed by atoms with van der Waals surface area (Å²) in [5.74, 6) is 2.14. The van der Waals surface area contributed by atoms with Gasteiger partial charge in [0.25, 0.3) is 0 Å². The molecule has 0 unspecified atom stereocenters. The van der Waals surface area contributed by atoms with Crippen LogP contribution in [0.2, 0.25) is 0 Å². The van der Waals surface area contributed by atoms with Gasteiger partial charge in [0, 0.05) is 28.0 Å². The van der Waals surface area contributed by atoms with E-state index < -0.39 is 0 Å². The Hall–Kier alpha value is -0.480. The molecule has 0 radical (unpaired) electrons. The van der Waals surface area contributed by atoms with Crippen LogP contribution in [0.1, 0.15) is 10.4 Å². The van der Waals surface area contributed by atoms with Crippen LogP contribution in [0.25, 0.3) is 0 Å². The predicted molar refractivity (Wildman–Crippen MR) is 64.2 cm³/mol. The number of thioether (sulfide) groups is 1. The first-order valence-corrected chi connectivity index (χ1v) is 6.33. The number of hydrogen-bond acceptors (Lipinski definition) is 3. The Morgan fingerprint density at radius 3 is 3.00 bits per heavy atom. The zero-order chi connectivity index (χ0) is 9.97. The molecule has 0 N–H and O–H groups in total. The van der Waals surface area contributed by atoms with Crippen molar-refractivity contribution in [2.24, 2.45) is 0 Å². The second-order valence-corrected chi connectivity index (χ2v) is 5.11. The highest BCUT2D eigenvalue weighted by Gasteiger charge is 2.15. The van der Waals surface area contributed by atoms with Crippen LogP contribution in [0.4, 0.5) is 5.69 Å². The zero-order valence-corrected chi connectivity index (χ0v) is 9.97. The Labute approximate surface area is 95.8 Å².